The molecule has 2 amide bonds. The molecule has 4 rings (SSSR count). The van der Waals surface area contributed by atoms with E-state index in [4.69, 9.17) is 15.2 Å². The minimum Gasteiger partial charge on any atom is -0.457 e. The summed E-state index contributed by atoms with van der Waals surface area (Å²) in [6.45, 7) is 5.02. The number of nitrogens with zero attached hydrogens (tertiary/aromatic N) is 2. The van der Waals surface area contributed by atoms with Crippen LogP contribution in [-0.4, -0.2) is 35.9 Å². The molecular formula is C25H24N4O4. The van der Waals surface area contributed by atoms with Gasteiger partial charge in [-0.3, -0.25) is 9.59 Å². The van der Waals surface area contributed by atoms with E-state index in [2.05, 4.69) is 16.9 Å². The summed E-state index contributed by atoms with van der Waals surface area (Å²) in [6, 6.07) is 17.8. The van der Waals surface area contributed by atoms with Crippen molar-refractivity contribution in [3.63, 3.8) is 0 Å². The third kappa shape index (κ3) is 5.19. The summed E-state index contributed by atoms with van der Waals surface area (Å²) in [6.07, 6.45) is 3.52. The summed E-state index contributed by atoms with van der Waals surface area (Å²) in [5.41, 5.74) is 6.13. The van der Waals surface area contributed by atoms with E-state index in [1.54, 1.807) is 29.2 Å². The Morgan fingerprint density at radius 2 is 1.73 bits per heavy atom. The van der Waals surface area contributed by atoms with Crippen LogP contribution in [0, 0.1) is 0 Å². The van der Waals surface area contributed by atoms with Gasteiger partial charge < -0.3 is 25.4 Å². The number of para-hydroxylation sites is 1. The van der Waals surface area contributed by atoms with Gasteiger partial charge in [0.15, 0.2) is 0 Å². The monoisotopic (exact) mass is 444 g/mol. The number of aromatic nitrogens is 1. The molecular weight excluding hydrogens is 420 g/mol. The smallest absolute Gasteiger partial charge is 0.254 e. The van der Waals surface area contributed by atoms with Crippen molar-refractivity contribution in [3.8, 4) is 23.1 Å². The van der Waals surface area contributed by atoms with Gasteiger partial charge in [0.2, 0.25) is 5.88 Å². The van der Waals surface area contributed by atoms with E-state index in [9.17, 15) is 9.59 Å². The quantitative estimate of drug-likeness (QED) is 0.514. The van der Waals surface area contributed by atoms with Crippen molar-refractivity contribution >= 4 is 17.5 Å². The molecule has 0 spiro atoms. The van der Waals surface area contributed by atoms with Gasteiger partial charge in [0, 0.05) is 6.54 Å². The maximum Gasteiger partial charge on any atom is 0.254 e. The Morgan fingerprint density at radius 3 is 2.33 bits per heavy atom. The molecule has 1 aliphatic rings. The fourth-order valence-electron chi connectivity index (χ4n) is 3.62. The van der Waals surface area contributed by atoms with Crippen molar-refractivity contribution in [2.75, 3.05) is 18.0 Å². The normalized spacial score (nSPS) is 15.0. The van der Waals surface area contributed by atoms with Gasteiger partial charge >= 0.3 is 0 Å². The Hall–Kier alpha value is -4.17. The highest BCUT2D eigenvalue weighted by atomic mass is 16.5. The van der Waals surface area contributed by atoms with Gasteiger partial charge in [-0.15, -0.1) is 0 Å². The SMILES string of the molecule is C=CC(=O)N(c1cnc(Oc2ccc(Oc3ccccc3)cc2)c(C(N)=O)c1)C1CCNC1. The fourth-order valence-corrected chi connectivity index (χ4v) is 3.62. The van der Waals surface area contributed by atoms with Gasteiger partial charge in [-0.2, -0.15) is 0 Å². The molecule has 0 aliphatic carbocycles. The van der Waals surface area contributed by atoms with Crippen LogP contribution in [0.3, 0.4) is 0 Å². The third-order valence-electron chi connectivity index (χ3n) is 5.21. The summed E-state index contributed by atoms with van der Waals surface area (Å²) in [7, 11) is 0. The first kappa shape index (κ1) is 22.0. The number of hydrogen-bond acceptors (Lipinski definition) is 6. The van der Waals surface area contributed by atoms with E-state index in [0.717, 1.165) is 18.7 Å². The van der Waals surface area contributed by atoms with Crippen molar-refractivity contribution < 1.29 is 19.1 Å². The lowest BCUT2D eigenvalue weighted by atomic mass is 10.1. The number of carbonyl (C=O) groups excluding carboxylic acids is 2. The van der Waals surface area contributed by atoms with Crippen LogP contribution in [0.1, 0.15) is 16.8 Å². The van der Waals surface area contributed by atoms with Gasteiger partial charge in [0.1, 0.15) is 22.8 Å². The number of ether oxygens (including phenoxy) is 2. The minimum atomic E-state index is -0.709. The molecule has 8 nitrogen and oxygen atoms in total. The summed E-state index contributed by atoms with van der Waals surface area (Å²) in [5, 5.41) is 3.23. The Kier molecular flexibility index (Phi) is 6.66. The highest BCUT2D eigenvalue weighted by Crippen LogP contribution is 2.30. The number of carbonyl (C=O) groups is 2. The molecule has 168 valence electrons. The maximum absolute atomic E-state index is 12.5. The van der Waals surface area contributed by atoms with Gasteiger partial charge in [-0.05, 0) is 61.5 Å². The molecule has 0 saturated carbocycles. The number of nitrogens with two attached hydrogens (primary N) is 1. The van der Waals surface area contributed by atoms with Crippen LogP contribution in [0.5, 0.6) is 23.1 Å². The molecule has 3 aromatic rings. The fraction of sp³-hybridized carbons (Fsp3) is 0.160. The topological polar surface area (TPSA) is 107 Å². The van der Waals surface area contributed by atoms with Crippen LogP contribution in [0.2, 0.25) is 0 Å². The highest BCUT2D eigenvalue weighted by molar-refractivity contribution is 6.03. The lowest BCUT2D eigenvalue weighted by Crippen LogP contribution is -2.41. The van der Waals surface area contributed by atoms with E-state index >= 15 is 0 Å². The molecule has 1 aliphatic heterocycles. The lowest BCUT2D eigenvalue weighted by Gasteiger charge is -2.27. The Morgan fingerprint density at radius 1 is 1.06 bits per heavy atom. The third-order valence-corrected chi connectivity index (χ3v) is 5.21. The van der Waals surface area contributed by atoms with Crippen molar-refractivity contribution in [2.45, 2.75) is 12.5 Å². The largest absolute Gasteiger partial charge is 0.457 e. The first-order valence-corrected chi connectivity index (χ1v) is 10.5. The van der Waals surface area contributed by atoms with Crippen LogP contribution in [0.15, 0.2) is 79.5 Å². The van der Waals surface area contributed by atoms with Crippen LogP contribution < -0.4 is 25.4 Å². The van der Waals surface area contributed by atoms with Crippen LogP contribution in [0.25, 0.3) is 0 Å². The highest BCUT2D eigenvalue weighted by Gasteiger charge is 2.28. The zero-order valence-electron chi connectivity index (χ0n) is 17.9. The number of amides is 2. The predicted octanol–water partition coefficient (Wildman–Crippen LogP) is 3.65. The molecule has 0 bridgehead atoms. The van der Waals surface area contributed by atoms with E-state index in [0.29, 0.717) is 23.7 Å². The van der Waals surface area contributed by atoms with Crippen molar-refractivity contribution in [3.05, 3.63) is 85.1 Å². The average Bonchev–Trinajstić information content (AvgIpc) is 3.36. The molecule has 1 aromatic heterocycles. The maximum atomic E-state index is 12.5. The number of pyridine rings is 1. The first-order chi connectivity index (χ1) is 16.0. The number of hydrogen-bond donors (Lipinski definition) is 2. The number of nitrogens with one attached hydrogen (secondary N) is 1. The van der Waals surface area contributed by atoms with Crippen LogP contribution in [0.4, 0.5) is 5.69 Å². The van der Waals surface area contributed by atoms with Crippen LogP contribution >= 0.6 is 0 Å². The standard InChI is InChI=1S/C25H24N4O4/c1-2-23(30)29(17-12-13-27-15-17)18-14-22(24(26)31)25(28-16-18)33-21-10-8-20(9-11-21)32-19-6-4-3-5-7-19/h2-11,14,16-17,27H,1,12-13,15H2,(H2,26,31). The number of primary amides is 1. The average molecular weight is 444 g/mol. The van der Waals surface area contributed by atoms with Crippen molar-refractivity contribution in [1.82, 2.24) is 10.3 Å². The summed E-state index contributed by atoms with van der Waals surface area (Å²) in [5.74, 6) is 0.879. The van der Waals surface area contributed by atoms with Crippen molar-refractivity contribution in [1.29, 1.82) is 0 Å². The zero-order chi connectivity index (χ0) is 23.2. The number of anilines is 1. The van der Waals surface area contributed by atoms with E-state index < -0.39 is 5.91 Å². The molecule has 1 unspecified atom stereocenters. The molecule has 2 aromatic carbocycles. The molecule has 1 fully saturated rings. The number of rotatable bonds is 8. The summed E-state index contributed by atoms with van der Waals surface area (Å²) >= 11 is 0. The minimum absolute atomic E-state index is 0.0542. The summed E-state index contributed by atoms with van der Waals surface area (Å²) in [4.78, 5) is 30.5. The molecule has 1 saturated heterocycles. The molecule has 3 N–H and O–H groups in total. The van der Waals surface area contributed by atoms with E-state index in [1.807, 2.05) is 30.3 Å². The van der Waals surface area contributed by atoms with Crippen molar-refractivity contribution in [2.24, 2.45) is 5.73 Å². The van der Waals surface area contributed by atoms with Gasteiger partial charge in [0.05, 0.1) is 17.9 Å². The Balaban J connectivity index is 1.56. The van der Waals surface area contributed by atoms with E-state index in [1.165, 1.54) is 18.3 Å². The van der Waals surface area contributed by atoms with Gasteiger partial charge in [-0.1, -0.05) is 24.8 Å². The van der Waals surface area contributed by atoms with Crippen LogP contribution in [-0.2, 0) is 4.79 Å². The second kappa shape index (κ2) is 9.97. The lowest BCUT2D eigenvalue weighted by molar-refractivity contribution is -0.114. The molecule has 0 radical (unpaired) electrons. The molecule has 8 heteroatoms. The predicted molar refractivity (Wildman–Crippen MR) is 125 cm³/mol. The number of benzene rings is 2. The molecule has 1 atom stereocenters. The molecule has 2 heterocycles. The Labute approximate surface area is 191 Å². The van der Waals surface area contributed by atoms with Gasteiger partial charge in [-0.25, -0.2) is 4.98 Å². The van der Waals surface area contributed by atoms with E-state index in [-0.39, 0.29) is 23.4 Å². The zero-order valence-corrected chi connectivity index (χ0v) is 17.9. The van der Waals surface area contributed by atoms with Gasteiger partial charge in [0.25, 0.3) is 11.8 Å². The first-order valence-electron chi connectivity index (χ1n) is 10.5. The molecule has 33 heavy (non-hydrogen) atoms. The summed E-state index contributed by atoms with van der Waals surface area (Å²) < 4.78 is 11.6. The Bertz CT molecular complexity index is 1140. The second-order valence-electron chi connectivity index (χ2n) is 7.46. The second-order valence-corrected chi connectivity index (χ2v) is 7.46.